The summed E-state index contributed by atoms with van der Waals surface area (Å²) >= 11 is 0. The van der Waals surface area contributed by atoms with Crippen LogP contribution in [0.25, 0.3) is 27.8 Å². The third-order valence-corrected chi connectivity index (χ3v) is 5.31. The lowest BCUT2D eigenvalue weighted by molar-refractivity contribution is -0.116. The van der Waals surface area contributed by atoms with Crippen LogP contribution in [0.2, 0.25) is 0 Å². The first-order valence-corrected chi connectivity index (χ1v) is 10.2. The molecule has 8 heteroatoms. The van der Waals surface area contributed by atoms with E-state index >= 15 is 0 Å². The summed E-state index contributed by atoms with van der Waals surface area (Å²) < 4.78 is 14.9. The smallest absolute Gasteiger partial charge is 0.224 e. The van der Waals surface area contributed by atoms with Crippen LogP contribution in [0.5, 0.6) is 0 Å². The molecule has 0 unspecified atom stereocenters. The molecule has 0 fully saturated rings. The number of anilines is 1. The number of fused-ring (bicyclic) bond motifs is 1. The molecule has 0 radical (unpaired) electrons. The minimum atomic E-state index is -0.281. The maximum Gasteiger partial charge on any atom is 0.224 e. The summed E-state index contributed by atoms with van der Waals surface area (Å²) in [6.07, 6.45) is 2.36. The van der Waals surface area contributed by atoms with E-state index in [1.54, 1.807) is 16.8 Å². The van der Waals surface area contributed by atoms with Crippen molar-refractivity contribution in [3.8, 4) is 16.9 Å². The summed E-state index contributed by atoms with van der Waals surface area (Å²) in [6.45, 7) is 0. The third-order valence-electron chi connectivity index (χ3n) is 5.31. The second kappa shape index (κ2) is 8.43. The van der Waals surface area contributed by atoms with Gasteiger partial charge in [-0.15, -0.1) is 5.10 Å². The number of nitrogens with one attached hydrogen (secondary N) is 2. The molecule has 0 atom stereocenters. The van der Waals surface area contributed by atoms with Gasteiger partial charge in [0, 0.05) is 28.7 Å². The number of aromatic nitrogens is 5. The number of rotatable bonds is 6. The van der Waals surface area contributed by atoms with Gasteiger partial charge in [0.05, 0.1) is 5.69 Å². The Kier molecular flexibility index (Phi) is 5.17. The summed E-state index contributed by atoms with van der Waals surface area (Å²) in [7, 11) is 0. The molecule has 1 amide bonds. The number of hydrogen-bond donors (Lipinski definition) is 2. The molecule has 5 aromatic rings. The molecule has 2 N–H and O–H groups in total. The van der Waals surface area contributed by atoms with Crippen LogP contribution in [-0.2, 0) is 11.2 Å². The van der Waals surface area contributed by atoms with Crippen molar-refractivity contribution >= 4 is 22.5 Å². The Morgan fingerprint density at radius 3 is 2.53 bits per heavy atom. The fourth-order valence-electron chi connectivity index (χ4n) is 3.76. The summed E-state index contributed by atoms with van der Waals surface area (Å²) in [4.78, 5) is 16.1. The number of tetrazole rings is 1. The average Bonchev–Trinajstić information content (AvgIpc) is 3.47. The fraction of sp³-hybridized carbons (Fsp3) is 0.0833. The Morgan fingerprint density at radius 2 is 1.78 bits per heavy atom. The van der Waals surface area contributed by atoms with Crippen LogP contribution in [0.4, 0.5) is 10.1 Å². The predicted octanol–water partition coefficient (Wildman–Crippen LogP) is 4.52. The Morgan fingerprint density at radius 1 is 1.00 bits per heavy atom. The minimum absolute atomic E-state index is 0.0875. The van der Waals surface area contributed by atoms with Crippen LogP contribution >= 0.6 is 0 Å². The Hall–Kier alpha value is -4.33. The van der Waals surface area contributed by atoms with Crippen LogP contribution in [-0.4, -0.2) is 31.1 Å². The SMILES string of the molecule is O=C(CCc1c(-c2ccc(F)cc2)[nH]c2ccccc12)Nc1ccc(-n2cnnn2)cc1. The van der Waals surface area contributed by atoms with Crippen LogP contribution in [0.15, 0.2) is 79.1 Å². The molecule has 3 aromatic carbocycles. The Labute approximate surface area is 182 Å². The van der Waals surface area contributed by atoms with Gasteiger partial charge in [-0.1, -0.05) is 18.2 Å². The monoisotopic (exact) mass is 426 g/mol. The predicted molar refractivity (Wildman–Crippen MR) is 120 cm³/mol. The minimum Gasteiger partial charge on any atom is -0.354 e. The topological polar surface area (TPSA) is 88.5 Å². The average molecular weight is 426 g/mol. The molecule has 2 aromatic heterocycles. The van der Waals surface area contributed by atoms with Crippen molar-refractivity contribution < 1.29 is 9.18 Å². The number of amides is 1. The lowest BCUT2D eigenvalue weighted by Crippen LogP contribution is -2.12. The molecule has 158 valence electrons. The maximum atomic E-state index is 13.4. The number of para-hydroxylation sites is 1. The van der Waals surface area contributed by atoms with Crippen molar-refractivity contribution in [1.29, 1.82) is 0 Å². The highest BCUT2D eigenvalue weighted by atomic mass is 19.1. The van der Waals surface area contributed by atoms with E-state index in [0.717, 1.165) is 33.4 Å². The molecule has 2 heterocycles. The zero-order chi connectivity index (χ0) is 21.9. The zero-order valence-electron chi connectivity index (χ0n) is 17.0. The first-order chi connectivity index (χ1) is 15.7. The van der Waals surface area contributed by atoms with Crippen LogP contribution in [0.1, 0.15) is 12.0 Å². The lowest BCUT2D eigenvalue weighted by Gasteiger charge is -2.08. The molecular weight excluding hydrogens is 407 g/mol. The number of nitrogens with zero attached hydrogens (tertiary/aromatic N) is 4. The standard InChI is InChI=1S/C24H19FN6O/c25-17-7-5-16(6-8-17)24-21(20-3-1-2-4-22(20)28-24)13-14-23(32)27-18-9-11-19(12-10-18)31-15-26-29-30-31/h1-12,15,28H,13-14H2,(H,27,32). The van der Waals surface area contributed by atoms with Gasteiger partial charge in [0.2, 0.25) is 5.91 Å². The van der Waals surface area contributed by atoms with Crippen LogP contribution < -0.4 is 5.32 Å². The van der Waals surface area contributed by atoms with E-state index in [4.69, 9.17) is 0 Å². The van der Waals surface area contributed by atoms with Crippen molar-refractivity contribution in [3.63, 3.8) is 0 Å². The second-order valence-electron chi connectivity index (χ2n) is 7.38. The van der Waals surface area contributed by atoms with E-state index in [0.29, 0.717) is 18.5 Å². The van der Waals surface area contributed by atoms with Crippen molar-refractivity contribution in [2.75, 3.05) is 5.32 Å². The van der Waals surface area contributed by atoms with Crippen molar-refractivity contribution in [2.24, 2.45) is 0 Å². The van der Waals surface area contributed by atoms with E-state index in [1.807, 2.05) is 48.5 Å². The van der Waals surface area contributed by atoms with E-state index in [-0.39, 0.29) is 11.7 Å². The van der Waals surface area contributed by atoms with Crippen molar-refractivity contribution in [1.82, 2.24) is 25.2 Å². The van der Waals surface area contributed by atoms with Gasteiger partial charge in [-0.3, -0.25) is 4.79 Å². The fourth-order valence-corrected chi connectivity index (χ4v) is 3.76. The Balaban J connectivity index is 1.33. The zero-order valence-corrected chi connectivity index (χ0v) is 17.0. The molecule has 32 heavy (non-hydrogen) atoms. The molecule has 7 nitrogen and oxygen atoms in total. The number of benzene rings is 3. The number of aromatic amines is 1. The molecule has 0 aliphatic carbocycles. The number of halogens is 1. The van der Waals surface area contributed by atoms with Gasteiger partial charge in [0.15, 0.2) is 0 Å². The van der Waals surface area contributed by atoms with Gasteiger partial charge in [-0.05, 0) is 82.6 Å². The van der Waals surface area contributed by atoms with E-state index in [1.165, 1.54) is 18.5 Å². The third kappa shape index (κ3) is 3.98. The second-order valence-corrected chi connectivity index (χ2v) is 7.38. The molecule has 0 aliphatic heterocycles. The van der Waals surface area contributed by atoms with Crippen molar-refractivity contribution in [2.45, 2.75) is 12.8 Å². The molecule has 0 saturated heterocycles. The summed E-state index contributed by atoms with van der Waals surface area (Å²) in [6, 6.07) is 21.6. The number of aryl methyl sites for hydroxylation is 1. The highest BCUT2D eigenvalue weighted by molar-refractivity contribution is 5.94. The molecule has 0 spiro atoms. The summed E-state index contributed by atoms with van der Waals surface area (Å²) in [5.41, 5.74) is 5.32. The van der Waals surface area contributed by atoms with E-state index in [2.05, 4.69) is 25.8 Å². The van der Waals surface area contributed by atoms with Gasteiger partial charge in [-0.2, -0.15) is 0 Å². The number of hydrogen-bond acceptors (Lipinski definition) is 4. The highest BCUT2D eigenvalue weighted by Gasteiger charge is 2.15. The quantitative estimate of drug-likeness (QED) is 0.418. The normalized spacial score (nSPS) is 11.0. The van der Waals surface area contributed by atoms with Gasteiger partial charge >= 0.3 is 0 Å². The molecule has 5 rings (SSSR count). The summed E-state index contributed by atoms with van der Waals surface area (Å²) in [5, 5.41) is 15.1. The number of H-pyrrole nitrogens is 1. The number of carbonyl (C=O) groups is 1. The van der Waals surface area contributed by atoms with E-state index < -0.39 is 0 Å². The first-order valence-electron chi connectivity index (χ1n) is 10.2. The largest absolute Gasteiger partial charge is 0.354 e. The molecule has 0 bridgehead atoms. The van der Waals surface area contributed by atoms with Crippen molar-refractivity contribution in [3.05, 3.63) is 90.5 Å². The van der Waals surface area contributed by atoms with Gasteiger partial charge < -0.3 is 10.3 Å². The lowest BCUT2D eigenvalue weighted by atomic mass is 10.0. The van der Waals surface area contributed by atoms with E-state index in [9.17, 15) is 9.18 Å². The highest BCUT2D eigenvalue weighted by Crippen LogP contribution is 2.31. The summed E-state index contributed by atoms with van der Waals surface area (Å²) in [5.74, 6) is -0.368. The van der Waals surface area contributed by atoms with Gasteiger partial charge in [0.25, 0.3) is 0 Å². The Bertz CT molecular complexity index is 1360. The first kappa shape index (κ1) is 19.6. The van der Waals surface area contributed by atoms with Gasteiger partial charge in [0.1, 0.15) is 12.1 Å². The van der Waals surface area contributed by atoms with Crippen LogP contribution in [0, 0.1) is 5.82 Å². The van der Waals surface area contributed by atoms with Crippen LogP contribution in [0.3, 0.4) is 0 Å². The number of carbonyl (C=O) groups excluding carboxylic acids is 1. The molecule has 0 saturated carbocycles. The molecule has 0 aliphatic rings. The molecular formula is C24H19FN6O. The maximum absolute atomic E-state index is 13.4. The van der Waals surface area contributed by atoms with Gasteiger partial charge in [-0.25, -0.2) is 9.07 Å².